The molecule has 0 aliphatic rings. The standard InChI is InChI=1S/C12H15FN2O4/c1-7-9(15(17)18)6-5-8(13)10(7)14-11(16)19-12(2,3)4/h5-6H,1-4H3,(H,14,16). The number of nitro groups is 1. The zero-order valence-electron chi connectivity index (χ0n) is 11.1. The van der Waals surface area contributed by atoms with Crippen molar-refractivity contribution >= 4 is 17.5 Å². The molecule has 19 heavy (non-hydrogen) atoms. The fourth-order valence-electron chi connectivity index (χ4n) is 1.42. The lowest BCUT2D eigenvalue weighted by Crippen LogP contribution is -2.27. The first-order chi connectivity index (χ1) is 8.61. The number of nitro benzene ring substituents is 1. The van der Waals surface area contributed by atoms with Gasteiger partial charge in [0.15, 0.2) is 0 Å². The van der Waals surface area contributed by atoms with Crippen LogP contribution < -0.4 is 5.32 Å². The van der Waals surface area contributed by atoms with Crippen molar-refractivity contribution < 1.29 is 18.8 Å². The molecule has 7 heteroatoms. The minimum absolute atomic E-state index is 0.0378. The van der Waals surface area contributed by atoms with Gasteiger partial charge >= 0.3 is 6.09 Å². The summed E-state index contributed by atoms with van der Waals surface area (Å²) >= 11 is 0. The third-order valence-corrected chi connectivity index (χ3v) is 2.21. The van der Waals surface area contributed by atoms with Crippen LogP contribution in [0, 0.1) is 22.9 Å². The van der Waals surface area contributed by atoms with Crippen LogP contribution in [0.4, 0.5) is 20.6 Å². The van der Waals surface area contributed by atoms with Gasteiger partial charge in [-0.3, -0.25) is 15.4 Å². The Labute approximate surface area is 109 Å². The molecule has 1 N–H and O–H groups in total. The van der Waals surface area contributed by atoms with Crippen molar-refractivity contribution in [3.05, 3.63) is 33.6 Å². The van der Waals surface area contributed by atoms with Gasteiger partial charge in [-0.2, -0.15) is 0 Å². The number of carbonyl (C=O) groups is 1. The number of nitrogens with zero attached hydrogens (tertiary/aromatic N) is 1. The maximum absolute atomic E-state index is 13.6. The van der Waals surface area contributed by atoms with Crippen molar-refractivity contribution in [3.8, 4) is 0 Å². The number of hydrogen-bond donors (Lipinski definition) is 1. The van der Waals surface area contributed by atoms with Gasteiger partial charge in [0.1, 0.15) is 11.4 Å². The summed E-state index contributed by atoms with van der Waals surface area (Å²) in [4.78, 5) is 21.6. The fraction of sp³-hybridized carbons (Fsp3) is 0.417. The molecule has 0 spiro atoms. The molecule has 0 saturated heterocycles. The van der Waals surface area contributed by atoms with E-state index in [4.69, 9.17) is 4.74 Å². The number of benzene rings is 1. The Kier molecular flexibility index (Phi) is 4.08. The van der Waals surface area contributed by atoms with Crippen LogP contribution >= 0.6 is 0 Å². The van der Waals surface area contributed by atoms with E-state index < -0.39 is 22.4 Å². The Morgan fingerprint density at radius 3 is 2.47 bits per heavy atom. The summed E-state index contributed by atoms with van der Waals surface area (Å²) in [6, 6.07) is 1.97. The monoisotopic (exact) mass is 270 g/mol. The fourth-order valence-corrected chi connectivity index (χ4v) is 1.42. The Hall–Kier alpha value is -2.18. The predicted molar refractivity (Wildman–Crippen MR) is 67.6 cm³/mol. The van der Waals surface area contributed by atoms with E-state index in [1.165, 1.54) is 6.92 Å². The van der Waals surface area contributed by atoms with E-state index in [1.54, 1.807) is 20.8 Å². The number of ether oxygens (including phenoxy) is 1. The van der Waals surface area contributed by atoms with E-state index in [0.717, 1.165) is 12.1 Å². The highest BCUT2D eigenvalue weighted by molar-refractivity contribution is 5.87. The SMILES string of the molecule is Cc1c([N+](=O)[O-])ccc(F)c1NC(=O)OC(C)(C)C. The molecule has 1 rings (SSSR count). The molecule has 0 radical (unpaired) electrons. The average Bonchev–Trinajstić information content (AvgIpc) is 2.21. The highest BCUT2D eigenvalue weighted by Gasteiger charge is 2.22. The average molecular weight is 270 g/mol. The smallest absolute Gasteiger partial charge is 0.412 e. The van der Waals surface area contributed by atoms with Crippen molar-refractivity contribution in [2.75, 3.05) is 5.32 Å². The summed E-state index contributed by atoms with van der Waals surface area (Å²) in [5.41, 5.74) is -1.22. The number of anilines is 1. The third-order valence-electron chi connectivity index (χ3n) is 2.21. The molecule has 0 aliphatic heterocycles. The van der Waals surface area contributed by atoms with E-state index in [0.29, 0.717) is 0 Å². The first kappa shape index (κ1) is 14.9. The lowest BCUT2D eigenvalue weighted by atomic mass is 10.1. The van der Waals surface area contributed by atoms with E-state index in [9.17, 15) is 19.3 Å². The van der Waals surface area contributed by atoms with Gasteiger partial charge in [0.25, 0.3) is 5.69 Å². The summed E-state index contributed by atoms with van der Waals surface area (Å²) in [6.07, 6.45) is -0.866. The van der Waals surface area contributed by atoms with Gasteiger partial charge in [-0.25, -0.2) is 9.18 Å². The molecular weight excluding hydrogens is 255 g/mol. The zero-order chi connectivity index (χ0) is 14.8. The van der Waals surface area contributed by atoms with Crippen LogP contribution in [0.25, 0.3) is 0 Å². The van der Waals surface area contributed by atoms with Gasteiger partial charge in [0.2, 0.25) is 0 Å². The van der Waals surface area contributed by atoms with Crippen LogP contribution in [0.1, 0.15) is 26.3 Å². The molecule has 0 aliphatic carbocycles. The van der Waals surface area contributed by atoms with Crippen molar-refractivity contribution in [2.45, 2.75) is 33.3 Å². The van der Waals surface area contributed by atoms with Crippen LogP contribution in [0.3, 0.4) is 0 Å². The number of hydrogen-bond acceptors (Lipinski definition) is 4. The van der Waals surface area contributed by atoms with Crippen LogP contribution in [0.5, 0.6) is 0 Å². The highest BCUT2D eigenvalue weighted by Crippen LogP contribution is 2.28. The second-order valence-corrected chi connectivity index (χ2v) is 4.95. The van der Waals surface area contributed by atoms with E-state index >= 15 is 0 Å². The number of rotatable bonds is 2. The second-order valence-electron chi connectivity index (χ2n) is 4.95. The van der Waals surface area contributed by atoms with Gasteiger partial charge in [-0.05, 0) is 33.8 Å². The minimum Gasteiger partial charge on any atom is -0.444 e. The topological polar surface area (TPSA) is 81.5 Å². The normalized spacial score (nSPS) is 11.0. The van der Waals surface area contributed by atoms with Gasteiger partial charge in [-0.1, -0.05) is 0 Å². The number of nitrogens with one attached hydrogen (secondary N) is 1. The molecule has 0 heterocycles. The predicted octanol–water partition coefficient (Wildman–Crippen LogP) is 3.39. The third kappa shape index (κ3) is 3.90. The Morgan fingerprint density at radius 1 is 1.42 bits per heavy atom. The van der Waals surface area contributed by atoms with Crippen molar-refractivity contribution in [1.29, 1.82) is 0 Å². The van der Waals surface area contributed by atoms with Gasteiger partial charge in [0.05, 0.1) is 16.2 Å². The van der Waals surface area contributed by atoms with Crippen LogP contribution in [0.2, 0.25) is 0 Å². The Morgan fingerprint density at radius 2 is 2.00 bits per heavy atom. The maximum Gasteiger partial charge on any atom is 0.412 e. The van der Waals surface area contributed by atoms with Crippen molar-refractivity contribution in [3.63, 3.8) is 0 Å². The summed E-state index contributed by atoms with van der Waals surface area (Å²) in [7, 11) is 0. The Bertz CT molecular complexity index is 523. The molecule has 0 fully saturated rings. The molecule has 0 atom stereocenters. The lowest BCUT2D eigenvalue weighted by molar-refractivity contribution is -0.385. The Balaban J connectivity index is 3.04. The van der Waals surface area contributed by atoms with E-state index in [-0.39, 0.29) is 16.9 Å². The molecule has 1 aromatic rings. The molecule has 0 unspecified atom stereocenters. The van der Waals surface area contributed by atoms with Crippen LogP contribution in [-0.4, -0.2) is 16.6 Å². The molecule has 0 bridgehead atoms. The first-order valence-electron chi connectivity index (χ1n) is 5.55. The summed E-state index contributed by atoms with van der Waals surface area (Å²) in [5, 5.41) is 12.9. The van der Waals surface area contributed by atoms with Crippen molar-refractivity contribution in [1.82, 2.24) is 0 Å². The second kappa shape index (κ2) is 5.21. The zero-order valence-corrected chi connectivity index (χ0v) is 11.1. The van der Waals surface area contributed by atoms with Gasteiger partial charge < -0.3 is 4.74 Å². The summed E-state index contributed by atoms with van der Waals surface area (Å²) in [6.45, 7) is 6.32. The number of amides is 1. The van der Waals surface area contributed by atoms with Gasteiger partial charge in [-0.15, -0.1) is 0 Å². The number of carbonyl (C=O) groups excluding carboxylic acids is 1. The summed E-state index contributed by atoms with van der Waals surface area (Å²) < 4.78 is 18.6. The number of halogens is 1. The van der Waals surface area contributed by atoms with Gasteiger partial charge in [0, 0.05) is 6.07 Å². The molecule has 0 saturated carbocycles. The van der Waals surface area contributed by atoms with Crippen LogP contribution in [0.15, 0.2) is 12.1 Å². The van der Waals surface area contributed by atoms with E-state index in [1.807, 2.05) is 0 Å². The first-order valence-corrected chi connectivity index (χ1v) is 5.55. The lowest BCUT2D eigenvalue weighted by Gasteiger charge is -2.20. The quantitative estimate of drug-likeness (QED) is 0.659. The van der Waals surface area contributed by atoms with Crippen LogP contribution in [-0.2, 0) is 4.74 Å². The molecule has 0 aromatic heterocycles. The molecule has 1 amide bonds. The largest absolute Gasteiger partial charge is 0.444 e. The molecule has 104 valence electrons. The minimum atomic E-state index is -0.866. The summed E-state index contributed by atoms with van der Waals surface area (Å²) in [5.74, 6) is -0.756. The highest BCUT2D eigenvalue weighted by atomic mass is 19.1. The molecule has 6 nitrogen and oxygen atoms in total. The molecule has 1 aromatic carbocycles. The maximum atomic E-state index is 13.6. The van der Waals surface area contributed by atoms with Crippen molar-refractivity contribution in [2.24, 2.45) is 0 Å². The molecular formula is C12H15FN2O4. The van der Waals surface area contributed by atoms with E-state index in [2.05, 4.69) is 5.32 Å².